The lowest BCUT2D eigenvalue weighted by Crippen LogP contribution is -2.53. The highest BCUT2D eigenvalue weighted by Gasteiger charge is 2.23. The van der Waals surface area contributed by atoms with Crippen LogP contribution in [0.15, 0.2) is 0 Å². The maximum absolute atomic E-state index is 11.9. The van der Waals surface area contributed by atoms with Gasteiger partial charge in [0.25, 0.3) is 0 Å². The summed E-state index contributed by atoms with van der Waals surface area (Å²) in [5, 5.41) is 16.1. The van der Waals surface area contributed by atoms with Gasteiger partial charge in [-0.3, -0.25) is 14.4 Å². The normalized spacial score (nSPS) is 14.2. The lowest BCUT2D eigenvalue weighted by atomic mass is 10.2. The van der Waals surface area contributed by atoms with Crippen molar-refractivity contribution in [2.45, 2.75) is 31.5 Å². The highest BCUT2D eigenvalue weighted by molar-refractivity contribution is 7.98. The molecular weight excluding hydrogens is 356 g/mol. The van der Waals surface area contributed by atoms with E-state index in [2.05, 4.69) is 28.6 Å². The van der Waals surface area contributed by atoms with Crippen LogP contribution in [0.3, 0.4) is 0 Å². The number of hydrogen-bond acceptors (Lipinski definition) is 7. The van der Waals surface area contributed by atoms with Crippen molar-refractivity contribution >= 4 is 48.1 Å². The monoisotopic (exact) mass is 380 g/mol. The molecule has 0 aromatic carbocycles. The van der Waals surface area contributed by atoms with Gasteiger partial charge in [-0.2, -0.15) is 24.4 Å². The summed E-state index contributed by atoms with van der Waals surface area (Å²) in [7, 11) is 0. The fourth-order valence-corrected chi connectivity index (χ4v) is 2.25. The Hall–Kier alpha value is -1.46. The van der Waals surface area contributed by atoms with E-state index in [0.717, 1.165) is 0 Å². The minimum atomic E-state index is -1.14. The Bertz CT molecular complexity index is 462. The van der Waals surface area contributed by atoms with E-state index in [1.807, 2.05) is 6.26 Å². The average Bonchev–Trinajstić information content (AvgIpc) is 2.53. The third-order valence-corrected chi connectivity index (χ3v) is 3.91. The molecule has 0 aliphatic carbocycles. The van der Waals surface area contributed by atoms with Crippen LogP contribution in [0.25, 0.3) is 0 Å². The van der Waals surface area contributed by atoms with Crippen LogP contribution >= 0.6 is 24.4 Å². The molecule has 0 aromatic rings. The highest BCUT2D eigenvalue weighted by atomic mass is 32.2. The molecular formula is C13H24N4O5S2. The molecule has 0 fully saturated rings. The number of aliphatic carboxylic acids is 1. The molecule has 3 atom stereocenters. The first kappa shape index (κ1) is 22.5. The van der Waals surface area contributed by atoms with E-state index < -0.39 is 48.4 Å². The molecule has 3 unspecified atom stereocenters. The van der Waals surface area contributed by atoms with Crippen molar-refractivity contribution in [3.8, 4) is 0 Å². The van der Waals surface area contributed by atoms with Crippen LogP contribution in [0.4, 0.5) is 0 Å². The summed E-state index contributed by atoms with van der Waals surface area (Å²) in [6.45, 7) is 1.07. The van der Waals surface area contributed by atoms with Crippen molar-refractivity contribution in [3.05, 3.63) is 0 Å². The predicted molar refractivity (Wildman–Crippen MR) is 95.0 cm³/mol. The summed E-state index contributed by atoms with van der Waals surface area (Å²) in [5.41, 5.74) is 5.39. The van der Waals surface area contributed by atoms with Crippen LogP contribution in [-0.4, -0.2) is 71.2 Å². The van der Waals surface area contributed by atoms with Crippen molar-refractivity contribution in [2.75, 3.05) is 24.3 Å². The maximum atomic E-state index is 11.9. The second-order valence-corrected chi connectivity index (χ2v) is 6.34. The third-order valence-electron chi connectivity index (χ3n) is 2.90. The Morgan fingerprint density at radius 2 is 1.79 bits per heavy atom. The van der Waals surface area contributed by atoms with Crippen LogP contribution in [0.5, 0.6) is 0 Å². The standard InChI is InChI=1S/C13H24N4O5S2/c1-7(14)11(19)17-9(6-23)12(20)15-5-10(18)16-8(13(21)22)3-4-24-2/h7-9,23H,3-6,14H2,1-2H3,(H,15,20)(H,16,18)(H,17,19)(H,21,22). The summed E-state index contributed by atoms with van der Waals surface area (Å²) in [6.07, 6.45) is 2.11. The number of carboxylic acid groups (broad SMARTS) is 1. The summed E-state index contributed by atoms with van der Waals surface area (Å²) >= 11 is 5.43. The van der Waals surface area contributed by atoms with Crippen molar-refractivity contribution in [3.63, 3.8) is 0 Å². The van der Waals surface area contributed by atoms with Crippen molar-refractivity contribution in [1.29, 1.82) is 0 Å². The van der Waals surface area contributed by atoms with Crippen LogP contribution in [0, 0.1) is 0 Å². The highest BCUT2D eigenvalue weighted by Crippen LogP contribution is 2.00. The van der Waals surface area contributed by atoms with Gasteiger partial charge in [0, 0.05) is 5.75 Å². The van der Waals surface area contributed by atoms with Gasteiger partial charge in [-0.05, 0) is 25.4 Å². The number of carbonyl (C=O) groups is 4. The Morgan fingerprint density at radius 1 is 1.17 bits per heavy atom. The van der Waals surface area contributed by atoms with Gasteiger partial charge in [-0.15, -0.1) is 0 Å². The third kappa shape index (κ3) is 8.99. The van der Waals surface area contributed by atoms with Gasteiger partial charge in [0.1, 0.15) is 12.1 Å². The summed E-state index contributed by atoms with van der Waals surface area (Å²) in [5.74, 6) is -2.29. The molecule has 0 bridgehead atoms. The van der Waals surface area contributed by atoms with E-state index in [1.165, 1.54) is 18.7 Å². The van der Waals surface area contributed by atoms with E-state index in [4.69, 9.17) is 10.8 Å². The molecule has 9 nitrogen and oxygen atoms in total. The number of thiol groups is 1. The minimum Gasteiger partial charge on any atom is -0.480 e. The SMILES string of the molecule is CSCCC(NC(=O)CNC(=O)C(CS)NC(=O)C(C)N)C(=O)O. The molecule has 0 aliphatic heterocycles. The first-order chi connectivity index (χ1) is 11.2. The van der Waals surface area contributed by atoms with Gasteiger partial charge < -0.3 is 26.8 Å². The zero-order chi connectivity index (χ0) is 18.7. The Balaban J connectivity index is 4.42. The Kier molecular flexibility index (Phi) is 11.3. The molecule has 0 aromatic heterocycles. The molecule has 0 saturated heterocycles. The summed E-state index contributed by atoms with van der Waals surface area (Å²) < 4.78 is 0. The predicted octanol–water partition coefficient (Wildman–Crippen LogP) is -1.81. The number of nitrogens with one attached hydrogen (secondary N) is 3. The molecule has 11 heteroatoms. The lowest BCUT2D eigenvalue weighted by Gasteiger charge is -2.18. The van der Waals surface area contributed by atoms with Gasteiger partial charge in [0.2, 0.25) is 17.7 Å². The zero-order valence-corrected chi connectivity index (χ0v) is 15.3. The molecule has 0 aliphatic rings. The number of thioether (sulfide) groups is 1. The average molecular weight is 380 g/mol. The largest absolute Gasteiger partial charge is 0.480 e. The van der Waals surface area contributed by atoms with E-state index >= 15 is 0 Å². The molecule has 0 rings (SSSR count). The first-order valence-electron chi connectivity index (χ1n) is 7.18. The van der Waals surface area contributed by atoms with Crippen LogP contribution in [0.1, 0.15) is 13.3 Å². The topological polar surface area (TPSA) is 151 Å². The molecule has 24 heavy (non-hydrogen) atoms. The number of carbonyl (C=O) groups excluding carboxylic acids is 3. The van der Waals surface area contributed by atoms with Crippen LogP contribution in [-0.2, 0) is 19.2 Å². The molecule has 3 amide bonds. The number of nitrogens with two attached hydrogens (primary N) is 1. The number of amides is 3. The van der Waals surface area contributed by atoms with Gasteiger partial charge in [-0.25, -0.2) is 4.79 Å². The fourth-order valence-electron chi connectivity index (χ4n) is 1.53. The second-order valence-electron chi connectivity index (χ2n) is 4.99. The first-order valence-corrected chi connectivity index (χ1v) is 9.21. The fraction of sp³-hybridized carbons (Fsp3) is 0.692. The summed E-state index contributed by atoms with van der Waals surface area (Å²) in [4.78, 5) is 46.2. The summed E-state index contributed by atoms with van der Waals surface area (Å²) in [6, 6.07) is -2.73. The van der Waals surface area contributed by atoms with E-state index in [-0.39, 0.29) is 12.2 Å². The molecule has 0 radical (unpaired) electrons. The van der Waals surface area contributed by atoms with Gasteiger partial charge >= 0.3 is 5.97 Å². The van der Waals surface area contributed by atoms with Crippen molar-refractivity contribution < 1.29 is 24.3 Å². The van der Waals surface area contributed by atoms with Gasteiger partial charge in [0.05, 0.1) is 12.6 Å². The number of carboxylic acids is 1. The van der Waals surface area contributed by atoms with Crippen LogP contribution < -0.4 is 21.7 Å². The van der Waals surface area contributed by atoms with Gasteiger partial charge in [0.15, 0.2) is 0 Å². The molecule has 138 valence electrons. The smallest absolute Gasteiger partial charge is 0.326 e. The quantitative estimate of drug-likeness (QED) is 0.231. The van der Waals surface area contributed by atoms with E-state index in [1.54, 1.807) is 0 Å². The van der Waals surface area contributed by atoms with Crippen molar-refractivity contribution in [1.82, 2.24) is 16.0 Å². The van der Waals surface area contributed by atoms with E-state index in [0.29, 0.717) is 5.75 Å². The molecule has 6 N–H and O–H groups in total. The minimum absolute atomic E-state index is 0.0252. The number of hydrogen-bond donors (Lipinski definition) is 6. The molecule has 0 saturated carbocycles. The van der Waals surface area contributed by atoms with Gasteiger partial charge in [-0.1, -0.05) is 0 Å². The van der Waals surface area contributed by atoms with Crippen LogP contribution in [0.2, 0.25) is 0 Å². The maximum Gasteiger partial charge on any atom is 0.326 e. The number of rotatable bonds is 11. The molecule has 0 spiro atoms. The van der Waals surface area contributed by atoms with Crippen molar-refractivity contribution in [2.24, 2.45) is 5.73 Å². The molecule has 0 heterocycles. The van der Waals surface area contributed by atoms with E-state index in [9.17, 15) is 19.2 Å². The lowest BCUT2D eigenvalue weighted by molar-refractivity contribution is -0.141. The Morgan fingerprint density at radius 3 is 2.25 bits per heavy atom. The Labute approximate surface area is 150 Å². The second kappa shape index (κ2) is 12.0. The zero-order valence-electron chi connectivity index (χ0n) is 13.6.